The molecule has 1 aliphatic heterocycles. The van der Waals surface area contributed by atoms with Crippen LogP contribution in [-0.4, -0.2) is 44.0 Å². The van der Waals surface area contributed by atoms with Crippen molar-refractivity contribution in [2.24, 2.45) is 0 Å². The van der Waals surface area contributed by atoms with Crippen molar-refractivity contribution in [3.05, 3.63) is 59.2 Å². The van der Waals surface area contributed by atoms with Crippen molar-refractivity contribution < 1.29 is 19.1 Å². The zero-order valence-electron chi connectivity index (χ0n) is 17.4. The van der Waals surface area contributed by atoms with Crippen LogP contribution in [0.3, 0.4) is 0 Å². The number of piperidine rings is 1. The van der Waals surface area contributed by atoms with E-state index in [1.165, 1.54) is 0 Å². The van der Waals surface area contributed by atoms with Gasteiger partial charge in [-0.05, 0) is 64.0 Å². The van der Waals surface area contributed by atoms with E-state index in [1.807, 2.05) is 13.8 Å². The van der Waals surface area contributed by atoms with E-state index in [2.05, 4.69) is 10.6 Å². The van der Waals surface area contributed by atoms with Crippen LogP contribution in [0.2, 0.25) is 0 Å². The van der Waals surface area contributed by atoms with E-state index in [0.29, 0.717) is 41.4 Å². The van der Waals surface area contributed by atoms with Gasteiger partial charge >= 0.3 is 0 Å². The quantitative estimate of drug-likeness (QED) is 0.623. The molecule has 30 heavy (non-hydrogen) atoms. The van der Waals surface area contributed by atoms with E-state index < -0.39 is 0 Å². The normalized spacial score (nSPS) is 13.8. The predicted molar refractivity (Wildman–Crippen MR) is 119 cm³/mol. The molecule has 2 aromatic carbocycles. The maximum absolute atomic E-state index is 13.2. The minimum atomic E-state index is -0.218. The molecule has 1 heterocycles. The Kier molecular flexibility index (Phi) is 9.15. The van der Waals surface area contributed by atoms with Gasteiger partial charge in [-0.1, -0.05) is 18.2 Å². The van der Waals surface area contributed by atoms with Crippen LogP contribution in [0.25, 0.3) is 0 Å². The van der Waals surface area contributed by atoms with Gasteiger partial charge in [0.15, 0.2) is 17.3 Å². The third-order valence-corrected chi connectivity index (χ3v) is 4.90. The summed E-state index contributed by atoms with van der Waals surface area (Å²) in [5.41, 5.74) is 1.23. The Morgan fingerprint density at radius 2 is 1.60 bits per heavy atom. The summed E-state index contributed by atoms with van der Waals surface area (Å²) in [5.74, 6) is 0.696. The molecular weight excluding hydrogens is 404 g/mol. The topological polar surface area (TPSA) is 76.7 Å². The lowest BCUT2D eigenvalue weighted by molar-refractivity contribution is 0.0920. The van der Waals surface area contributed by atoms with Crippen LogP contribution < -0.4 is 20.1 Å². The van der Waals surface area contributed by atoms with Gasteiger partial charge in [0.2, 0.25) is 0 Å². The molecule has 0 unspecified atom stereocenters. The second-order valence-corrected chi connectivity index (χ2v) is 6.90. The summed E-state index contributed by atoms with van der Waals surface area (Å²) in [6, 6.07) is 12.2. The minimum absolute atomic E-state index is 0. The first kappa shape index (κ1) is 23.7. The van der Waals surface area contributed by atoms with Crippen molar-refractivity contribution >= 4 is 24.1 Å². The van der Waals surface area contributed by atoms with E-state index in [1.54, 1.807) is 42.5 Å². The first-order valence-electron chi connectivity index (χ1n) is 10.2. The van der Waals surface area contributed by atoms with Gasteiger partial charge in [0.1, 0.15) is 0 Å². The van der Waals surface area contributed by atoms with Crippen molar-refractivity contribution in [3.8, 4) is 11.5 Å². The number of amides is 1. The molecule has 0 spiro atoms. The van der Waals surface area contributed by atoms with Gasteiger partial charge in [-0.25, -0.2) is 0 Å². The number of hydrogen-bond donors (Lipinski definition) is 2. The van der Waals surface area contributed by atoms with Gasteiger partial charge in [-0.15, -0.1) is 12.4 Å². The Morgan fingerprint density at radius 1 is 0.967 bits per heavy atom. The summed E-state index contributed by atoms with van der Waals surface area (Å²) in [5, 5.41) is 6.34. The molecule has 0 aromatic heterocycles. The number of carbonyl (C=O) groups is 2. The van der Waals surface area contributed by atoms with Gasteiger partial charge in [-0.3, -0.25) is 9.59 Å². The Morgan fingerprint density at radius 3 is 2.27 bits per heavy atom. The van der Waals surface area contributed by atoms with E-state index in [0.717, 1.165) is 25.9 Å². The Bertz CT molecular complexity index is 866. The fourth-order valence-corrected chi connectivity index (χ4v) is 3.46. The predicted octanol–water partition coefficient (Wildman–Crippen LogP) is 3.62. The lowest BCUT2D eigenvalue weighted by Crippen LogP contribution is -2.43. The van der Waals surface area contributed by atoms with Crippen LogP contribution >= 0.6 is 12.4 Å². The van der Waals surface area contributed by atoms with E-state index in [4.69, 9.17) is 9.47 Å². The zero-order chi connectivity index (χ0) is 20.6. The molecule has 162 valence electrons. The zero-order valence-corrected chi connectivity index (χ0v) is 18.2. The first-order chi connectivity index (χ1) is 14.1. The van der Waals surface area contributed by atoms with E-state index in [9.17, 15) is 9.59 Å². The third kappa shape index (κ3) is 5.74. The molecule has 2 aromatic rings. The summed E-state index contributed by atoms with van der Waals surface area (Å²) in [6.07, 6.45) is 1.77. The average molecular weight is 433 g/mol. The van der Waals surface area contributed by atoms with Crippen molar-refractivity contribution in [1.82, 2.24) is 10.6 Å². The number of ether oxygens (including phenoxy) is 2. The lowest BCUT2D eigenvalue weighted by atomic mass is 9.97. The van der Waals surface area contributed by atoms with Crippen LogP contribution in [0, 0.1) is 0 Å². The molecule has 1 fully saturated rings. The highest BCUT2D eigenvalue weighted by molar-refractivity contribution is 6.15. The highest BCUT2D eigenvalue weighted by Gasteiger charge is 2.22. The van der Waals surface area contributed by atoms with E-state index in [-0.39, 0.29) is 30.1 Å². The van der Waals surface area contributed by atoms with Crippen LogP contribution in [0.15, 0.2) is 42.5 Å². The number of nitrogens with one attached hydrogen (secondary N) is 2. The molecular formula is C23H29ClN2O4. The smallest absolute Gasteiger partial charge is 0.252 e. The number of ketones is 1. The SMILES string of the molecule is CCOc1ccc(C(=O)c2ccccc2C(=O)NC2CCNCC2)cc1OCC.Cl. The largest absolute Gasteiger partial charge is 0.490 e. The molecule has 1 aliphatic rings. The minimum Gasteiger partial charge on any atom is -0.490 e. The van der Waals surface area contributed by atoms with Crippen LogP contribution in [-0.2, 0) is 0 Å². The Hall–Kier alpha value is -2.57. The van der Waals surface area contributed by atoms with Crippen molar-refractivity contribution in [2.75, 3.05) is 26.3 Å². The fraction of sp³-hybridized carbons (Fsp3) is 0.391. The molecule has 0 saturated carbocycles. The number of benzene rings is 2. The number of hydrogen-bond acceptors (Lipinski definition) is 5. The molecule has 0 radical (unpaired) electrons. The number of carbonyl (C=O) groups excluding carboxylic acids is 2. The summed E-state index contributed by atoms with van der Waals surface area (Å²) in [6.45, 7) is 6.52. The second kappa shape index (κ2) is 11.6. The molecule has 6 nitrogen and oxygen atoms in total. The maximum atomic E-state index is 13.2. The van der Waals surface area contributed by atoms with Crippen molar-refractivity contribution in [2.45, 2.75) is 32.7 Å². The molecule has 1 amide bonds. The van der Waals surface area contributed by atoms with Crippen LogP contribution in [0.1, 0.15) is 53.0 Å². The van der Waals surface area contributed by atoms with Gasteiger partial charge in [0.25, 0.3) is 5.91 Å². The van der Waals surface area contributed by atoms with Crippen molar-refractivity contribution in [3.63, 3.8) is 0 Å². The van der Waals surface area contributed by atoms with E-state index >= 15 is 0 Å². The number of halogens is 1. The molecule has 0 bridgehead atoms. The number of rotatable bonds is 8. The molecule has 2 N–H and O–H groups in total. The summed E-state index contributed by atoms with van der Waals surface area (Å²) in [4.78, 5) is 26.1. The van der Waals surface area contributed by atoms with Gasteiger partial charge < -0.3 is 20.1 Å². The molecule has 0 aliphatic carbocycles. The highest BCUT2D eigenvalue weighted by Crippen LogP contribution is 2.30. The summed E-state index contributed by atoms with van der Waals surface area (Å²) < 4.78 is 11.2. The monoisotopic (exact) mass is 432 g/mol. The molecule has 1 saturated heterocycles. The second-order valence-electron chi connectivity index (χ2n) is 6.90. The molecule has 0 atom stereocenters. The third-order valence-electron chi connectivity index (χ3n) is 4.90. The standard InChI is InChI=1S/C23H28N2O4.ClH/c1-3-28-20-10-9-16(15-21(20)29-4-2)22(26)18-7-5-6-8-19(18)23(27)25-17-11-13-24-14-12-17;/h5-10,15,17,24H,3-4,11-14H2,1-2H3,(H,25,27);1H. The molecule has 7 heteroatoms. The maximum Gasteiger partial charge on any atom is 0.252 e. The summed E-state index contributed by atoms with van der Waals surface area (Å²) >= 11 is 0. The fourth-order valence-electron chi connectivity index (χ4n) is 3.46. The first-order valence-corrected chi connectivity index (χ1v) is 10.2. The van der Waals surface area contributed by atoms with Gasteiger partial charge in [0, 0.05) is 17.2 Å². The van der Waals surface area contributed by atoms with Crippen LogP contribution in [0.5, 0.6) is 11.5 Å². The van der Waals surface area contributed by atoms with Gasteiger partial charge in [-0.2, -0.15) is 0 Å². The summed E-state index contributed by atoms with van der Waals surface area (Å²) in [7, 11) is 0. The molecule has 3 rings (SSSR count). The van der Waals surface area contributed by atoms with Gasteiger partial charge in [0.05, 0.1) is 18.8 Å². The van der Waals surface area contributed by atoms with Crippen LogP contribution in [0.4, 0.5) is 0 Å². The lowest BCUT2D eigenvalue weighted by Gasteiger charge is -2.24. The highest BCUT2D eigenvalue weighted by atomic mass is 35.5. The van der Waals surface area contributed by atoms with Crippen molar-refractivity contribution in [1.29, 1.82) is 0 Å². The average Bonchev–Trinajstić information content (AvgIpc) is 2.75. The Labute approximate surface area is 183 Å². The Balaban J connectivity index is 0.00000320.